The lowest BCUT2D eigenvalue weighted by Gasteiger charge is -2.33. The van der Waals surface area contributed by atoms with Gasteiger partial charge in [-0.2, -0.15) is 0 Å². The van der Waals surface area contributed by atoms with Crippen LogP contribution in [0.3, 0.4) is 0 Å². The molecule has 434 valence electrons. The van der Waals surface area contributed by atoms with Gasteiger partial charge in [0.25, 0.3) is 0 Å². The molecule has 4 heteroatoms. The van der Waals surface area contributed by atoms with E-state index < -0.39 is 0 Å². The molecule has 2 nitrogen and oxygen atoms in total. The molecule has 2 aliphatic rings. The molecule has 9 rings (SSSR count). The molecule has 0 amide bonds. The highest BCUT2D eigenvalue weighted by Crippen LogP contribution is 2.50. The first-order chi connectivity index (χ1) is 40.7. The summed E-state index contributed by atoms with van der Waals surface area (Å²) in [7, 11) is 0. The third-order valence-corrected chi connectivity index (χ3v) is 19.9. The highest BCUT2D eigenvalue weighted by molar-refractivity contribution is 8.00. The van der Waals surface area contributed by atoms with Crippen molar-refractivity contribution < 1.29 is 0 Å². The van der Waals surface area contributed by atoms with E-state index in [2.05, 4.69) is 181 Å². The zero-order valence-electron chi connectivity index (χ0n) is 50.8. The zero-order chi connectivity index (χ0) is 56.2. The summed E-state index contributed by atoms with van der Waals surface area (Å²) in [6.45, 7) is 6.75. The number of unbranched alkanes of at least 4 members (excludes halogenated alkanes) is 30. The fourth-order valence-electron chi connectivity index (χ4n) is 12.9. The van der Waals surface area contributed by atoms with Crippen molar-refractivity contribution in [3.8, 4) is 0 Å². The van der Waals surface area contributed by atoms with Crippen molar-refractivity contribution in [1.29, 1.82) is 0 Å². The van der Waals surface area contributed by atoms with Crippen molar-refractivity contribution >= 4 is 92.1 Å². The van der Waals surface area contributed by atoms with Crippen LogP contribution in [0.15, 0.2) is 153 Å². The number of nitrogens with zero attached hydrogens (tertiary/aromatic N) is 2. The maximum atomic E-state index is 2.60. The molecule has 0 N–H and O–H groups in total. The Balaban J connectivity index is 0.799. The maximum absolute atomic E-state index is 2.60. The lowest BCUT2D eigenvalue weighted by molar-refractivity contribution is 0.530. The normalized spacial score (nSPS) is 13.0. The first kappa shape index (κ1) is 61.4. The Hall–Kier alpha value is -5.16. The number of para-hydroxylation sites is 2. The van der Waals surface area contributed by atoms with Crippen LogP contribution >= 0.6 is 23.5 Å². The molecular weight excluding hydrogens is 1030 g/mol. The molecule has 0 spiro atoms. The van der Waals surface area contributed by atoms with E-state index in [1.54, 1.807) is 0 Å². The van der Waals surface area contributed by atoms with Crippen molar-refractivity contribution in [2.75, 3.05) is 22.9 Å². The minimum Gasteiger partial charge on any atom is -0.340 e. The van der Waals surface area contributed by atoms with Gasteiger partial charge in [-0.05, 0) is 105 Å². The Morgan fingerprint density at radius 3 is 0.854 bits per heavy atom. The minimum atomic E-state index is 1.06. The van der Waals surface area contributed by atoms with Gasteiger partial charge < -0.3 is 9.80 Å². The number of benzene rings is 7. The molecule has 0 saturated heterocycles. The zero-order valence-corrected chi connectivity index (χ0v) is 52.4. The summed E-state index contributed by atoms with van der Waals surface area (Å²) in [5.74, 6) is 0. The molecule has 2 aliphatic heterocycles. The van der Waals surface area contributed by atoms with E-state index in [4.69, 9.17) is 0 Å². The Bertz CT molecular complexity index is 2810. The highest BCUT2D eigenvalue weighted by Gasteiger charge is 2.25. The van der Waals surface area contributed by atoms with Crippen LogP contribution in [0.5, 0.6) is 0 Å². The van der Waals surface area contributed by atoms with E-state index >= 15 is 0 Å². The van der Waals surface area contributed by atoms with E-state index in [0.717, 1.165) is 13.1 Å². The highest BCUT2D eigenvalue weighted by atomic mass is 32.2. The van der Waals surface area contributed by atoms with Crippen molar-refractivity contribution in [3.63, 3.8) is 0 Å². The topological polar surface area (TPSA) is 6.48 Å². The average Bonchev–Trinajstić information content (AvgIpc) is 3.30. The molecule has 0 radical (unpaired) electrons. The summed E-state index contributed by atoms with van der Waals surface area (Å²) in [5.41, 5.74) is 10.4. The lowest BCUT2D eigenvalue weighted by atomic mass is 9.91. The van der Waals surface area contributed by atoms with E-state index in [9.17, 15) is 0 Å². The molecule has 2 heterocycles. The van der Waals surface area contributed by atoms with Crippen molar-refractivity contribution in [2.24, 2.45) is 0 Å². The number of hydrogen-bond acceptors (Lipinski definition) is 4. The van der Waals surface area contributed by atoms with Crippen LogP contribution in [-0.2, 0) is 0 Å². The largest absolute Gasteiger partial charge is 0.340 e. The summed E-state index contributed by atoms with van der Waals surface area (Å²) in [4.78, 5) is 10.6. The van der Waals surface area contributed by atoms with Gasteiger partial charge in [-0.1, -0.05) is 339 Å². The van der Waals surface area contributed by atoms with Gasteiger partial charge in [0.15, 0.2) is 0 Å². The predicted octanol–water partition coefficient (Wildman–Crippen LogP) is 26.1. The van der Waals surface area contributed by atoms with Gasteiger partial charge in [0.2, 0.25) is 0 Å². The van der Waals surface area contributed by atoms with Gasteiger partial charge in [-0.15, -0.1) is 0 Å². The predicted molar refractivity (Wildman–Crippen MR) is 366 cm³/mol. The quantitative estimate of drug-likeness (QED) is 0.0216. The van der Waals surface area contributed by atoms with Gasteiger partial charge in [-0.25, -0.2) is 0 Å². The van der Waals surface area contributed by atoms with Crippen LogP contribution in [-0.4, -0.2) is 13.1 Å². The molecule has 7 aromatic carbocycles. The first-order valence-electron chi connectivity index (χ1n) is 33.4. The Morgan fingerprint density at radius 1 is 0.268 bits per heavy atom. The summed E-state index contributed by atoms with van der Waals surface area (Å²) in [6, 6.07) is 50.4. The Labute approximate surface area is 506 Å². The van der Waals surface area contributed by atoms with Crippen LogP contribution in [0.1, 0.15) is 242 Å². The van der Waals surface area contributed by atoms with Crippen LogP contribution in [0.25, 0.3) is 45.8 Å². The van der Waals surface area contributed by atoms with Crippen molar-refractivity contribution in [2.45, 2.75) is 239 Å². The van der Waals surface area contributed by atoms with Gasteiger partial charge >= 0.3 is 0 Å². The van der Waals surface area contributed by atoms with E-state index in [-0.39, 0.29) is 0 Å². The third-order valence-electron chi connectivity index (χ3n) is 17.7. The minimum absolute atomic E-state index is 1.06. The van der Waals surface area contributed by atoms with Crippen LogP contribution in [0, 0.1) is 0 Å². The second kappa shape index (κ2) is 34.6. The average molecular weight is 1130 g/mol. The van der Waals surface area contributed by atoms with E-state index in [1.165, 1.54) is 292 Å². The fraction of sp³-hybridized carbons (Fsp3) is 0.462. The van der Waals surface area contributed by atoms with Gasteiger partial charge in [0, 0.05) is 32.7 Å². The lowest BCUT2D eigenvalue weighted by Crippen LogP contribution is -2.22. The Morgan fingerprint density at radius 2 is 0.537 bits per heavy atom. The molecule has 0 aromatic heterocycles. The van der Waals surface area contributed by atoms with Crippen LogP contribution < -0.4 is 9.80 Å². The fourth-order valence-corrected chi connectivity index (χ4v) is 15.2. The van der Waals surface area contributed by atoms with Crippen LogP contribution in [0.2, 0.25) is 0 Å². The number of hydrogen-bond donors (Lipinski definition) is 0. The molecule has 0 aliphatic carbocycles. The molecular formula is C78H100N2S2. The molecule has 7 aromatic rings. The summed E-state index contributed by atoms with van der Waals surface area (Å²) in [5, 5.41) is 5.13. The van der Waals surface area contributed by atoms with Gasteiger partial charge in [-0.3, -0.25) is 0 Å². The summed E-state index contributed by atoms with van der Waals surface area (Å²) in [6.07, 6.45) is 54.2. The molecule has 0 bridgehead atoms. The smallest absolute Gasteiger partial charge is 0.0553 e. The number of fused-ring (bicyclic) bond motifs is 6. The standard InChI is InChI=1S/C78H100N2S2/c1-3-5-7-9-11-13-15-17-19-21-23-25-27-29-31-41-59-79-71-47-37-39-49-75(71)81-77-61-63(53-57-73(77)79)51-55-69-65-43-33-35-45-67(65)70(68-46-36-34-44-66(68)69)56-52-64-54-58-74-78(62-64)82-76-50-40-38-48-72(76)80(74)60-42-32-30-28-26-24-22-20-18-16-14-12-10-8-6-4-2/h33-40,43-58,61-62H,3-32,41-42,59-60H2,1-2H3/b55-51+,56-52+. The van der Waals surface area contributed by atoms with Crippen molar-refractivity contribution in [1.82, 2.24) is 0 Å². The first-order valence-corrected chi connectivity index (χ1v) is 35.0. The Kier molecular flexibility index (Phi) is 25.9. The summed E-state index contributed by atoms with van der Waals surface area (Å²) >= 11 is 3.85. The van der Waals surface area contributed by atoms with E-state index in [1.807, 2.05) is 23.5 Å². The SMILES string of the molecule is CCCCCCCCCCCCCCCCCCN1c2ccccc2Sc2cc(/C=C/c3c4ccccc4c(/C=C/c4ccc5c(c4)Sc4ccccc4N5CCCCCCCCCCCCCCCCCC)c4ccccc34)ccc21. The molecule has 0 saturated carbocycles. The number of anilines is 4. The third kappa shape index (κ3) is 17.9. The van der Waals surface area contributed by atoms with Gasteiger partial charge in [0.1, 0.15) is 0 Å². The maximum Gasteiger partial charge on any atom is 0.0553 e. The molecule has 0 unspecified atom stereocenters. The van der Waals surface area contributed by atoms with Crippen LogP contribution in [0.4, 0.5) is 22.7 Å². The number of rotatable bonds is 38. The second-order valence-corrected chi connectivity index (χ2v) is 26.3. The summed E-state index contributed by atoms with van der Waals surface area (Å²) < 4.78 is 0. The van der Waals surface area contributed by atoms with Crippen molar-refractivity contribution in [3.05, 3.63) is 156 Å². The molecule has 0 fully saturated rings. The van der Waals surface area contributed by atoms with E-state index in [0.29, 0.717) is 0 Å². The van der Waals surface area contributed by atoms with Gasteiger partial charge in [0.05, 0.1) is 22.7 Å². The molecule has 82 heavy (non-hydrogen) atoms. The molecule has 0 atom stereocenters. The monoisotopic (exact) mass is 1130 g/mol. The second-order valence-electron chi connectivity index (χ2n) is 24.1.